The van der Waals surface area contributed by atoms with Crippen molar-refractivity contribution in [2.75, 3.05) is 18.0 Å². The zero-order valence-electron chi connectivity index (χ0n) is 12.4. The highest BCUT2D eigenvalue weighted by atomic mass is 32.1. The van der Waals surface area contributed by atoms with E-state index in [-0.39, 0.29) is 5.91 Å². The van der Waals surface area contributed by atoms with Crippen molar-refractivity contribution in [3.8, 4) is 0 Å². The van der Waals surface area contributed by atoms with Crippen LogP contribution in [0.5, 0.6) is 0 Å². The average molecular weight is 316 g/mol. The molecule has 5 nitrogen and oxygen atoms in total. The van der Waals surface area contributed by atoms with Crippen LogP contribution in [0.1, 0.15) is 24.1 Å². The lowest BCUT2D eigenvalue weighted by molar-refractivity contribution is -0.121. The molecular formula is C16H20N4OS. The molecular weight excluding hydrogens is 296 g/mol. The molecule has 0 aliphatic carbocycles. The number of rotatable bonds is 6. The maximum atomic E-state index is 12.0. The molecule has 1 saturated heterocycles. The normalized spacial score (nSPS) is 17.6. The number of hydrogen-bond donors (Lipinski definition) is 1. The van der Waals surface area contributed by atoms with Crippen molar-refractivity contribution >= 4 is 23.1 Å². The first-order valence-electron chi connectivity index (χ1n) is 7.66. The summed E-state index contributed by atoms with van der Waals surface area (Å²) >= 11 is 1.70. The predicted octanol–water partition coefficient (Wildman–Crippen LogP) is 2.26. The third-order valence-electron chi connectivity index (χ3n) is 3.94. The van der Waals surface area contributed by atoms with Crippen molar-refractivity contribution in [2.24, 2.45) is 0 Å². The molecule has 3 rings (SSSR count). The van der Waals surface area contributed by atoms with E-state index in [0.29, 0.717) is 19.0 Å². The fourth-order valence-corrected chi connectivity index (χ4v) is 3.52. The van der Waals surface area contributed by atoms with Gasteiger partial charge in [0.05, 0.1) is 0 Å². The van der Waals surface area contributed by atoms with Crippen molar-refractivity contribution in [2.45, 2.75) is 31.7 Å². The van der Waals surface area contributed by atoms with Gasteiger partial charge in [-0.05, 0) is 42.8 Å². The second kappa shape index (κ2) is 7.35. The number of amides is 1. The van der Waals surface area contributed by atoms with Crippen LogP contribution in [0, 0.1) is 0 Å². The lowest BCUT2D eigenvalue weighted by atomic mass is 10.2. The first kappa shape index (κ1) is 15.0. The molecule has 1 aliphatic heterocycles. The first-order chi connectivity index (χ1) is 10.8. The van der Waals surface area contributed by atoms with E-state index in [1.165, 1.54) is 4.88 Å². The van der Waals surface area contributed by atoms with Crippen LogP contribution >= 0.6 is 11.3 Å². The number of thiophene rings is 1. The van der Waals surface area contributed by atoms with Gasteiger partial charge in [0, 0.05) is 36.6 Å². The Morgan fingerprint density at radius 2 is 2.36 bits per heavy atom. The van der Waals surface area contributed by atoms with Gasteiger partial charge < -0.3 is 10.2 Å². The van der Waals surface area contributed by atoms with E-state index >= 15 is 0 Å². The second-order valence-corrected chi connectivity index (χ2v) is 6.49. The van der Waals surface area contributed by atoms with Gasteiger partial charge in [0.15, 0.2) is 5.82 Å². The number of hydrogen-bond acceptors (Lipinski definition) is 5. The molecule has 2 aromatic rings. The van der Waals surface area contributed by atoms with Crippen LogP contribution in [0.15, 0.2) is 35.8 Å². The molecule has 22 heavy (non-hydrogen) atoms. The van der Waals surface area contributed by atoms with Crippen molar-refractivity contribution in [1.82, 2.24) is 15.5 Å². The van der Waals surface area contributed by atoms with Crippen LogP contribution in [0.25, 0.3) is 0 Å². The standard InChI is InChI=1S/C16H20N4OS/c21-16(8-7-14-5-3-11-22-14)17-12-13-4-2-10-20(13)15-6-1-9-18-19-15/h1,3,5-6,9,11,13H,2,4,7-8,10,12H2,(H,17,21)/t13-/m1/s1. The summed E-state index contributed by atoms with van der Waals surface area (Å²) in [5.41, 5.74) is 0. The molecule has 0 aromatic carbocycles. The van der Waals surface area contributed by atoms with Crippen molar-refractivity contribution in [3.05, 3.63) is 40.7 Å². The molecule has 0 bridgehead atoms. The SMILES string of the molecule is O=C(CCc1cccs1)NC[C@H]1CCCN1c1cccnn1. The monoisotopic (exact) mass is 316 g/mol. The van der Waals surface area contributed by atoms with Gasteiger partial charge in [0.25, 0.3) is 0 Å². The molecule has 116 valence electrons. The van der Waals surface area contributed by atoms with Crippen LogP contribution in [0.2, 0.25) is 0 Å². The smallest absolute Gasteiger partial charge is 0.220 e. The Labute approximate surface area is 134 Å². The van der Waals surface area contributed by atoms with E-state index in [0.717, 1.165) is 31.6 Å². The molecule has 0 radical (unpaired) electrons. The van der Waals surface area contributed by atoms with Crippen LogP contribution in [0.3, 0.4) is 0 Å². The number of aryl methyl sites for hydroxylation is 1. The molecule has 2 aromatic heterocycles. The zero-order chi connectivity index (χ0) is 15.2. The van der Waals surface area contributed by atoms with Crippen molar-refractivity contribution in [1.29, 1.82) is 0 Å². The fraction of sp³-hybridized carbons (Fsp3) is 0.438. The topological polar surface area (TPSA) is 58.1 Å². The molecule has 1 aliphatic rings. The highest BCUT2D eigenvalue weighted by Gasteiger charge is 2.25. The van der Waals surface area contributed by atoms with Gasteiger partial charge in [-0.25, -0.2) is 0 Å². The predicted molar refractivity (Wildman–Crippen MR) is 88.0 cm³/mol. The number of nitrogens with zero attached hydrogens (tertiary/aromatic N) is 3. The minimum atomic E-state index is 0.124. The second-order valence-electron chi connectivity index (χ2n) is 5.45. The van der Waals surface area contributed by atoms with Gasteiger partial charge in [-0.1, -0.05) is 6.07 Å². The van der Waals surface area contributed by atoms with Gasteiger partial charge in [0.2, 0.25) is 5.91 Å². The Morgan fingerprint density at radius 1 is 1.41 bits per heavy atom. The maximum absolute atomic E-state index is 12.0. The van der Waals surface area contributed by atoms with Crippen LogP contribution in [-0.4, -0.2) is 35.2 Å². The van der Waals surface area contributed by atoms with Crippen LogP contribution in [-0.2, 0) is 11.2 Å². The average Bonchev–Trinajstić information content (AvgIpc) is 3.23. The van der Waals surface area contributed by atoms with Gasteiger partial charge in [-0.15, -0.1) is 16.4 Å². The summed E-state index contributed by atoms with van der Waals surface area (Å²) in [6.45, 7) is 1.66. The van der Waals surface area contributed by atoms with Gasteiger partial charge in [0.1, 0.15) is 0 Å². The Morgan fingerprint density at radius 3 is 3.14 bits per heavy atom. The summed E-state index contributed by atoms with van der Waals surface area (Å²) in [5.74, 6) is 1.03. The molecule has 6 heteroatoms. The lowest BCUT2D eigenvalue weighted by Gasteiger charge is -2.25. The quantitative estimate of drug-likeness (QED) is 0.888. The zero-order valence-corrected chi connectivity index (χ0v) is 13.3. The molecule has 1 fully saturated rings. The lowest BCUT2D eigenvalue weighted by Crippen LogP contribution is -2.40. The van der Waals surface area contributed by atoms with Gasteiger partial charge >= 0.3 is 0 Å². The number of nitrogens with one attached hydrogen (secondary N) is 1. The number of aromatic nitrogens is 2. The Kier molecular flexibility index (Phi) is 5.00. The van der Waals surface area contributed by atoms with Crippen molar-refractivity contribution < 1.29 is 4.79 Å². The molecule has 3 heterocycles. The highest BCUT2D eigenvalue weighted by Crippen LogP contribution is 2.22. The summed E-state index contributed by atoms with van der Waals surface area (Å²) in [6, 6.07) is 8.30. The summed E-state index contributed by atoms with van der Waals surface area (Å²) in [6.07, 6.45) is 5.27. The van der Waals surface area contributed by atoms with Crippen LogP contribution in [0.4, 0.5) is 5.82 Å². The van der Waals surface area contributed by atoms with Gasteiger partial charge in [-0.3, -0.25) is 4.79 Å². The molecule has 0 spiro atoms. The summed E-state index contributed by atoms with van der Waals surface area (Å²) in [5, 5.41) is 13.2. The minimum Gasteiger partial charge on any atom is -0.354 e. The molecule has 0 unspecified atom stereocenters. The highest BCUT2D eigenvalue weighted by molar-refractivity contribution is 7.09. The molecule has 1 amide bonds. The Balaban J connectivity index is 1.47. The third-order valence-corrected chi connectivity index (χ3v) is 4.88. The largest absolute Gasteiger partial charge is 0.354 e. The molecule has 0 saturated carbocycles. The Hall–Kier alpha value is -1.95. The van der Waals surface area contributed by atoms with E-state index in [2.05, 4.69) is 26.5 Å². The first-order valence-corrected chi connectivity index (χ1v) is 8.54. The summed E-state index contributed by atoms with van der Waals surface area (Å²) in [4.78, 5) is 15.5. The third kappa shape index (κ3) is 3.82. The maximum Gasteiger partial charge on any atom is 0.220 e. The summed E-state index contributed by atoms with van der Waals surface area (Å²) in [7, 11) is 0. The van der Waals surface area contributed by atoms with Crippen LogP contribution < -0.4 is 10.2 Å². The van der Waals surface area contributed by atoms with E-state index < -0.39 is 0 Å². The number of carbonyl (C=O) groups excluding carboxylic acids is 1. The number of anilines is 1. The fourth-order valence-electron chi connectivity index (χ4n) is 2.81. The number of carbonyl (C=O) groups is 1. The van der Waals surface area contributed by atoms with E-state index in [1.807, 2.05) is 23.6 Å². The van der Waals surface area contributed by atoms with E-state index in [9.17, 15) is 4.79 Å². The molecule has 1 N–H and O–H groups in total. The molecule has 1 atom stereocenters. The summed E-state index contributed by atoms with van der Waals surface area (Å²) < 4.78 is 0. The minimum absolute atomic E-state index is 0.124. The van der Waals surface area contributed by atoms with Crippen molar-refractivity contribution in [3.63, 3.8) is 0 Å². The van der Waals surface area contributed by atoms with E-state index in [1.54, 1.807) is 17.5 Å². The Bertz CT molecular complexity index is 587. The van der Waals surface area contributed by atoms with Gasteiger partial charge in [-0.2, -0.15) is 5.10 Å². The van der Waals surface area contributed by atoms with E-state index in [4.69, 9.17) is 0 Å².